The molecular weight excluding hydrogens is 158 g/mol. The largest absolute Gasteiger partial charge is 0.330 e. The fourth-order valence-electron chi connectivity index (χ4n) is 3.37. The highest BCUT2D eigenvalue weighted by molar-refractivity contribution is 4.93. The second-order valence-electron chi connectivity index (χ2n) is 5.81. The highest BCUT2D eigenvalue weighted by atomic mass is 14.6. The minimum absolute atomic E-state index is 0.393. The van der Waals surface area contributed by atoms with Gasteiger partial charge >= 0.3 is 0 Å². The molecule has 2 rings (SSSR count). The van der Waals surface area contributed by atoms with Crippen LogP contribution in [0.1, 0.15) is 46.0 Å². The molecule has 2 fully saturated rings. The number of hydrogen-bond acceptors (Lipinski definition) is 1. The second kappa shape index (κ2) is 3.27. The van der Waals surface area contributed by atoms with E-state index < -0.39 is 0 Å². The van der Waals surface area contributed by atoms with Crippen molar-refractivity contribution in [3.05, 3.63) is 0 Å². The summed E-state index contributed by atoms with van der Waals surface area (Å²) in [5, 5.41) is 0. The Hall–Kier alpha value is -0.0400. The summed E-state index contributed by atoms with van der Waals surface area (Å²) in [7, 11) is 0. The quantitative estimate of drug-likeness (QED) is 0.696. The SMILES string of the molecule is CC(C)(CN)C1CC2CCCC2C1. The molecule has 13 heavy (non-hydrogen) atoms. The molecule has 0 aromatic rings. The molecule has 0 spiro atoms. The Morgan fingerprint density at radius 3 is 2.15 bits per heavy atom. The molecule has 2 aliphatic carbocycles. The smallest absolute Gasteiger partial charge is 0.00232 e. The Bertz CT molecular complexity index is 174. The van der Waals surface area contributed by atoms with E-state index in [9.17, 15) is 0 Å². The molecule has 2 N–H and O–H groups in total. The molecule has 0 amide bonds. The van der Waals surface area contributed by atoms with Crippen LogP contribution in [0.15, 0.2) is 0 Å². The summed E-state index contributed by atoms with van der Waals surface area (Å²) in [6, 6.07) is 0. The van der Waals surface area contributed by atoms with E-state index in [1.807, 2.05) is 0 Å². The Kier molecular flexibility index (Phi) is 2.39. The van der Waals surface area contributed by atoms with Crippen molar-refractivity contribution >= 4 is 0 Å². The normalized spacial score (nSPS) is 39.5. The Morgan fingerprint density at radius 2 is 1.69 bits per heavy atom. The third kappa shape index (κ3) is 1.63. The maximum absolute atomic E-state index is 5.84. The van der Waals surface area contributed by atoms with Gasteiger partial charge in [-0.2, -0.15) is 0 Å². The van der Waals surface area contributed by atoms with E-state index >= 15 is 0 Å². The highest BCUT2D eigenvalue weighted by Gasteiger charge is 2.42. The van der Waals surface area contributed by atoms with Gasteiger partial charge in [-0.25, -0.2) is 0 Å². The van der Waals surface area contributed by atoms with Gasteiger partial charge in [0.05, 0.1) is 0 Å². The van der Waals surface area contributed by atoms with Crippen LogP contribution < -0.4 is 5.73 Å². The minimum Gasteiger partial charge on any atom is -0.330 e. The first-order chi connectivity index (χ1) is 6.13. The van der Waals surface area contributed by atoms with Crippen LogP contribution in [0.3, 0.4) is 0 Å². The van der Waals surface area contributed by atoms with Crippen LogP contribution in [-0.2, 0) is 0 Å². The number of rotatable bonds is 2. The van der Waals surface area contributed by atoms with Crippen LogP contribution in [0.2, 0.25) is 0 Å². The Labute approximate surface area is 82.1 Å². The monoisotopic (exact) mass is 181 g/mol. The molecule has 0 radical (unpaired) electrons. The van der Waals surface area contributed by atoms with Crippen LogP contribution in [0.25, 0.3) is 0 Å². The van der Waals surface area contributed by atoms with E-state index in [-0.39, 0.29) is 0 Å². The molecular formula is C12H23N. The van der Waals surface area contributed by atoms with Crippen LogP contribution in [0, 0.1) is 23.2 Å². The average Bonchev–Trinajstić information content (AvgIpc) is 2.61. The number of hydrogen-bond donors (Lipinski definition) is 1. The fourth-order valence-corrected chi connectivity index (χ4v) is 3.37. The lowest BCUT2D eigenvalue weighted by atomic mass is 9.77. The summed E-state index contributed by atoms with van der Waals surface area (Å²) in [4.78, 5) is 0. The van der Waals surface area contributed by atoms with E-state index in [0.29, 0.717) is 5.41 Å². The zero-order chi connectivity index (χ0) is 9.47. The van der Waals surface area contributed by atoms with Crippen molar-refractivity contribution in [3.8, 4) is 0 Å². The van der Waals surface area contributed by atoms with Gasteiger partial charge in [-0.05, 0) is 42.6 Å². The molecule has 0 aromatic carbocycles. The molecule has 0 aromatic heterocycles. The molecule has 0 aliphatic heterocycles. The summed E-state index contributed by atoms with van der Waals surface area (Å²) < 4.78 is 0. The van der Waals surface area contributed by atoms with Gasteiger partial charge in [0.25, 0.3) is 0 Å². The lowest BCUT2D eigenvalue weighted by Gasteiger charge is -2.30. The van der Waals surface area contributed by atoms with E-state index in [2.05, 4.69) is 13.8 Å². The van der Waals surface area contributed by atoms with Crippen molar-refractivity contribution < 1.29 is 0 Å². The number of fused-ring (bicyclic) bond motifs is 1. The predicted octanol–water partition coefficient (Wildman–Crippen LogP) is 2.80. The molecule has 1 heteroatoms. The third-order valence-electron chi connectivity index (χ3n) is 4.62. The van der Waals surface area contributed by atoms with Gasteiger partial charge in [0.15, 0.2) is 0 Å². The first-order valence-electron chi connectivity index (χ1n) is 5.83. The predicted molar refractivity (Wildman–Crippen MR) is 56.4 cm³/mol. The van der Waals surface area contributed by atoms with Crippen LogP contribution in [0.4, 0.5) is 0 Å². The van der Waals surface area contributed by atoms with Gasteiger partial charge in [-0.1, -0.05) is 33.1 Å². The van der Waals surface area contributed by atoms with Gasteiger partial charge in [-0.3, -0.25) is 0 Å². The number of nitrogens with two attached hydrogens (primary N) is 1. The average molecular weight is 181 g/mol. The van der Waals surface area contributed by atoms with Gasteiger partial charge in [-0.15, -0.1) is 0 Å². The zero-order valence-electron chi connectivity index (χ0n) is 9.05. The molecule has 2 aliphatic rings. The summed E-state index contributed by atoms with van der Waals surface area (Å²) in [5.41, 5.74) is 6.23. The van der Waals surface area contributed by atoms with Gasteiger partial charge in [0.1, 0.15) is 0 Å². The fraction of sp³-hybridized carbons (Fsp3) is 1.00. The summed E-state index contributed by atoms with van der Waals surface area (Å²) >= 11 is 0. The van der Waals surface area contributed by atoms with Crippen molar-refractivity contribution in [1.29, 1.82) is 0 Å². The molecule has 76 valence electrons. The van der Waals surface area contributed by atoms with Gasteiger partial charge < -0.3 is 5.73 Å². The van der Waals surface area contributed by atoms with Crippen molar-refractivity contribution in [1.82, 2.24) is 0 Å². The maximum Gasteiger partial charge on any atom is -0.00232 e. The van der Waals surface area contributed by atoms with E-state index in [4.69, 9.17) is 5.73 Å². The summed E-state index contributed by atoms with van der Waals surface area (Å²) in [6.07, 6.45) is 7.43. The minimum atomic E-state index is 0.393. The topological polar surface area (TPSA) is 26.0 Å². The van der Waals surface area contributed by atoms with Crippen molar-refractivity contribution in [2.45, 2.75) is 46.0 Å². The molecule has 2 atom stereocenters. The van der Waals surface area contributed by atoms with Crippen molar-refractivity contribution in [2.24, 2.45) is 28.9 Å². The standard InChI is InChI=1S/C12H23N/c1-12(2,8-13)11-6-9-4-3-5-10(9)7-11/h9-11H,3-8,13H2,1-2H3. The van der Waals surface area contributed by atoms with E-state index in [1.54, 1.807) is 0 Å². The first-order valence-corrected chi connectivity index (χ1v) is 5.83. The Balaban J connectivity index is 1.98. The lowest BCUT2D eigenvalue weighted by molar-refractivity contribution is 0.214. The second-order valence-corrected chi connectivity index (χ2v) is 5.81. The van der Waals surface area contributed by atoms with Crippen LogP contribution >= 0.6 is 0 Å². The van der Waals surface area contributed by atoms with Crippen LogP contribution in [-0.4, -0.2) is 6.54 Å². The zero-order valence-corrected chi connectivity index (χ0v) is 9.05. The van der Waals surface area contributed by atoms with Crippen molar-refractivity contribution in [2.75, 3.05) is 6.54 Å². The third-order valence-corrected chi connectivity index (χ3v) is 4.62. The maximum atomic E-state index is 5.84. The molecule has 0 bridgehead atoms. The molecule has 1 nitrogen and oxygen atoms in total. The first kappa shape index (κ1) is 9.51. The lowest BCUT2D eigenvalue weighted by Crippen LogP contribution is -2.31. The molecule has 2 saturated carbocycles. The Morgan fingerprint density at radius 1 is 1.15 bits per heavy atom. The van der Waals surface area contributed by atoms with Gasteiger partial charge in [0, 0.05) is 0 Å². The highest BCUT2D eigenvalue weighted by Crippen LogP contribution is 2.51. The van der Waals surface area contributed by atoms with E-state index in [1.165, 1.54) is 32.1 Å². The van der Waals surface area contributed by atoms with Crippen molar-refractivity contribution in [3.63, 3.8) is 0 Å². The summed E-state index contributed by atoms with van der Waals surface area (Å²) in [5.74, 6) is 3.04. The van der Waals surface area contributed by atoms with Gasteiger partial charge in [0.2, 0.25) is 0 Å². The van der Waals surface area contributed by atoms with E-state index in [0.717, 1.165) is 24.3 Å². The van der Waals surface area contributed by atoms with Crippen LogP contribution in [0.5, 0.6) is 0 Å². The summed E-state index contributed by atoms with van der Waals surface area (Å²) in [6.45, 7) is 5.55. The molecule has 0 heterocycles. The molecule has 2 unspecified atom stereocenters. The molecule has 0 saturated heterocycles.